The van der Waals surface area contributed by atoms with Crippen LogP contribution >= 0.6 is 0 Å². The van der Waals surface area contributed by atoms with Gasteiger partial charge in [0.2, 0.25) is 5.95 Å². The molecule has 2 fully saturated rings. The number of aliphatic carboxylic acids is 2. The Labute approximate surface area is 202 Å². The number of halogens is 6. The highest BCUT2D eigenvalue weighted by Gasteiger charge is 2.38. The van der Waals surface area contributed by atoms with Gasteiger partial charge in [0, 0.05) is 26.7 Å². The summed E-state index contributed by atoms with van der Waals surface area (Å²) in [4.78, 5) is 38.9. The molecule has 3 heterocycles. The molecule has 0 aliphatic carbocycles. The van der Waals surface area contributed by atoms with Crippen LogP contribution in [0.15, 0.2) is 0 Å². The van der Waals surface area contributed by atoms with E-state index in [4.69, 9.17) is 19.8 Å². The van der Waals surface area contributed by atoms with Crippen molar-refractivity contribution >= 4 is 23.9 Å². The second-order valence-corrected chi connectivity index (χ2v) is 8.10. The summed E-state index contributed by atoms with van der Waals surface area (Å²) in [6.07, 6.45) is -5.22. The van der Waals surface area contributed by atoms with Crippen LogP contribution in [0.5, 0.6) is 0 Å². The topological polar surface area (TPSA) is 141 Å². The molecule has 3 rings (SSSR count). The smallest absolute Gasteiger partial charge is 0.475 e. The second-order valence-electron chi connectivity index (χ2n) is 8.10. The predicted molar refractivity (Wildman–Crippen MR) is 112 cm³/mol. The van der Waals surface area contributed by atoms with Crippen molar-refractivity contribution in [1.82, 2.24) is 24.6 Å². The zero-order valence-corrected chi connectivity index (χ0v) is 19.6. The Balaban J connectivity index is 0.000000383. The summed E-state index contributed by atoms with van der Waals surface area (Å²) in [5, 5.41) is 21.3. The number of amides is 2. The quantitative estimate of drug-likeness (QED) is 0.503. The van der Waals surface area contributed by atoms with Crippen molar-refractivity contribution in [2.45, 2.75) is 45.0 Å². The van der Waals surface area contributed by atoms with Crippen LogP contribution in [0.1, 0.15) is 31.5 Å². The number of aromatic nitrogens is 3. The van der Waals surface area contributed by atoms with Gasteiger partial charge >= 0.3 is 30.3 Å². The molecule has 1 unspecified atom stereocenters. The number of alkyl halides is 6. The van der Waals surface area contributed by atoms with E-state index in [-0.39, 0.29) is 6.03 Å². The van der Waals surface area contributed by atoms with Crippen molar-refractivity contribution in [3.8, 4) is 0 Å². The van der Waals surface area contributed by atoms with E-state index in [1.165, 1.54) is 32.4 Å². The number of hydrogen-bond donors (Lipinski definition) is 3. The number of carboxylic acids is 2. The van der Waals surface area contributed by atoms with E-state index < -0.39 is 24.3 Å². The van der Waals surface area contributed by atoms with Crippen LogP contribution in [0.3, 0.4) is 0 Å². The van der Waals surface area contributed by atoms with Crippen LogP contribution in [0.25, 0.3) is 0 Å². The van der Waals surface area contributed by atoms with E-state index in [1.54, 1.807) is 4.68 Å². The number of urea groups is 1. The van der Waals surface area contributed by atoms with E-state index in [0.717, 1.165) is 31.9 Å². The van der Waals surface area contributed by atoms with Crippen LogP contribution in [-0.4, -0.2) is 97.8 Å². The number of anilines is 1. The Hall–Kier alpha value is -3.11. The van der Waals surface area contributed by atoms with Gasteiger partial charge in [0.25, 0.3) is 0 Å². The van der Waals surface area contributed by atoms with E-state index >= 15 is 0 Å². The fourth-order valence-corrected chi connectivity index (χ4v) is 3.42. The number of carbonyl (C=O) groups excluding carboxylic acids is 1. The van der Waals surface area contributed by atoms with Gasteiger partial charge in [-0.25, -0.2) is 14.4 Å². The molecule has 206 valence electrons. The Morgan fingerprint density at radius 2 is 1.47 bits per heavy atom. The minimum atomic E-state index is -5.08. The van der Waals surface area contributed by atoms with Crippen molar-refractivity contribution < 1.29 is 50.9 Å². The summed E-state index contributed by atoms with van der Waals surface area (Å²) in [5.74, 6) is -3.73. The average molecular weight is 534 g/mol. The first-order valence-corrected chi connectivity index (χ1v) is 10.8. The molecular formula is C19H28F6N6O5. The molecule has 1 aromatic rings. The number of nitrogens with one attached hydrogen (secondary N) is 1. The molecule has 36 heavy (non-hydrogen) atoms. The van der Waals surface area contributed by atoms with Crippen LogP contribution < -0.4 is 5.32 Å². The zero-order chi connectivity index (χ0) is 27.7. The first-order chi connectivity index (χ1) is 16.5. The number of aryl methyl sites for hydroxylation is 2. The molecule has 0 spiro atoms. The molecule has 1 aromatic heterocycles. The maximum absolute atomic E-state index is 12.4. The minimum absolute atomic E-state index is 0.0725. The van der Waals surface area contributed by atoms with Crippen molar-refractivity contribution in [2.75, 3.05) is 38.0 Å². The van der Waals surface area contributed by atoms with Gasteiger partial charge in [-0.05, 0) is 51.6 Å². The molecule has 11 nitrogen and oxygen atoms in total. The molecule has 0 saturated carbocycles. The molecule has 17 heteroatoms. The molecule has 2 aliphatic rings. The summed E-state index contributed by atoms with van der Waals surface area (Å²) in [5.41, 5.74) is 0. The normalized spacial score (nSPS) is 18.4. The maximum atomic E-state index is 12.4. The highest BCUT2D eigenvalue weighted by molar-refractivity contribution is 5.87. The molecule has 0 bridgehead atoms. The average Bonchev–Trinajstić information content (AvgIpc) is 3.37. The third-order valence-corrected chi connectivity index (χ3v) is 5.21. The highest BCUT2D eigenvalue weighted by atomic mass is 19.4. The maximum Gasteiger partial charge on any atom is 0.490 e. The van der Waals surface area contributed by atoms with Gasteiger partial charge in [-0.2, -0.15) is 31.3 Å². The molecule has 2 saturated heterocycles. The van der Waals surface area contributed by atoms with E-state index in [0.29, 0.717) is 11.9 Å². The molecule has 0 radical (unpaired) electrons. The number of rotatable bonds is 3. The number of nitrogens with zero attached hydrogens (tertiary/aromatic N) is 5. The van der Waals surface area contributed by atoms with Gasteiger partial charge in [-0.3, -0.25) is 10.00 Å². The van der Waals surface area contributed by atoms with Crippen LogP contribution in [0, 0.1) is 12.8 Å². The minimum Gasteiger partial charge on any atom is -0.475 e. The van der Waals surface area contributed by atoms with Gasteiger partial charge < -0.3 is 20.0 Å². The Bertz CT molecular complexity index is 842. The Morgan fingerprint density at radius 3 is 1.89 bits per heavy atom. The lowest BCUT2D eigenvalue weighted by atomic mass is 9.98. The van der Waals surface area contributed by atoms with Gasteiger partial charge in [-0.1, -0.05) is 0 Å². The second kappa shape index (κ2) is 13.3. The zero-order valence-electron chi connectivity index (χ0n) is 19.6. The first kappa shape index (κ1) is 30.9. The van der Waals surface area contributed by atoms with Gasteiger partial charge in [0.15, 0.2) is 0 Å². The van der Waals surface area contributed by atoms with Crippen molar-refractivity contribution in [2.24, 2.45) is 13.0 Å². The third-order valence-electron chi connectivity index (χ3n) is 5.21. The molecule has 1 atom stereocenters. The number of carboxylic acid groups (broad SMARTS) is 2. The Kier molecular flexibility index (Phi) is 11.4. The fourth-order valence-electron chi connectivity index (χ4n) is 3.42. The molecule has 0 aromatic carbocycles. The summed E-state index contributed by atoms with van der Waals surface area (Å²) < 4.78 is 65.1. The van der Waals surface area contributed by atoms with Crippen molar-refractivity contribution in [3.05, 3.63) is 5.82 Å². The van der Waals surface area contributed by atoms with Crippen molar-refractivity contribution in [3.63, 3.8) is 0 Å². The molecule has 2 aliphatic heterocycles. The van der Waals surface area contributed by atoms with E-state index in [2.05, 4.69) is 20.3 Å². The number of hydrogen-bond acceptors (Lipinski definition) is 6. The molecule has 3 N–H and O–H groups in total. The fraction of sp³-hybridized carbons (Fsp3) is 0.737. The van der Waals surface area contributed by atoms with Crippen molar-refractivity contribution in [1.29, 1.82) is 0 Å². The van der Waals surface area contributed by atoms with Gasteiger partial charge in [-0.15, -0.1) is 5.10 Å². The van der Waals surface area contributed by atoms with Crippen LogP contribution in [-0.2, 0) is 16.6 Å². The van der Waals surface area contributed by atoms with E-state index in [1.807, 2.05) is 18.9 Å². The lowest BCUT2D eigenvalue weighted by Gasteiger charge is -2.34. The molecule has 2 amide bonds. The van der Waals surface area contributed by atoms with Gasteiger partial charge in [0.1, 0.15) is 5.82 Å². The third kappa shape index (κ3) is 11.1. The lowest BCUT2D eigenvalue weighted by molar-refractivity contribution is -0.193. The summed E-state index contributed by atoms with van der Waals surface area (Å²) in [7, 11) is 1.82. The van der Waals surface area contributed by atoms with Gasteiger partial charge in [0.05, 0.1) is 0 Å². The summed E-state index contributed by atoms with van der Waals surface area (Å²) in [6.45, 7) is 7.11. The number of carbonyl (C=O) groups is 3. The monoisotopic (exact) mass is 534 g/mol. The first-order valence-electron chi connectivity index (χ1n) is 10.8. The number of piperidine rings is 1. The summed E-state index contributed by atoms with van der Waals surface area (Å²) >= 11 is 0. The lowest BCUT2D eigenvalue weighted by Crippen LogP contribution is -2.45. The predicted octanol–water partition coefficient (Wildman–Crippen LogP) is 2.73. The van der Waals surface area contributed by atoms with Crippen LogP contribution in [0.4, 0.5) is 37.1 Å². The Morgan fingerprint density at radius 1 is 0.972 bits per heavy atom. The van der Waals surface area contributed by atoms with Crippen LogP contribution in [0.2, 0.25) is 0 Å². The number of likely N-dealkylation sites (tertiary alicyclic amines) is 2. The SMILES string of the molecule is Cc1nc(NC(=O)N2CCCC(CN3CCCC3)C2)nn1C.O=C(O)C(F)(F)F.O=C(O)C(F)(F)F. The molecular weight excluding hydrogens is 506 g/mol. The highest BCUT2D eigenvalue weighted by Crippen LogP contribution is 2.20. The largest absolute Gasteiger partial charge is 0.490 e. The summed E-state index contributed by atoms with van der Waals surface area (Å²) in [6, 6.07) is -0.0725. The standard InChI is InChI=1S/C15H26N6O.2C2HF3O2/c1-12-16-14(18-19(12)2)17-15(22)21-9-5-6-13(11-21)10-20-7-3-4-8-20;2*3-2(4,5)1(6)7/h13H,3-11H2,1-2H3,(H,17,18,22);2*(H,6,7). The van der Waals surface area contributed by atoms with E-state index in [9.17, 15) is 31.1 Å².